The number of hydrogen-bond acceptors (Lipinski definition) is 7. The van der Waals surface area contributed by atoms with Crippen LogP contribution < -0.4 is 15.2 Å². The maximum atomic E-state index is 6.04. The van der Waals surface area contributed by atoms with Gasteiger partial charge in [-0.3, -0.25) is 4.90 Å². The van der Waals surface area contributed by atoms with E-state index in [1.54, 1.807) is 0 Å². The van der Waals surface area contributed by atoms with Crippen LogP contribution in [-0.2, 0) is 6.54 Å². The Kier molecular flexibility index (Phi) is 4.46. The molecule has 0 unspecified atom stereocenters. The molecule has 0 saturated carbocycles. The van der Waals surface area contributed by atoms with E-state index in [4.69, 9.17) is 19.7 Å². The van der Waals surface area contributed by atoms with Gasteiger partial charge in [-0.25, -0.2) is 0 Å². The van der Waals surface area contributed by atoms with E-state index in [-0.39, 0.29) is 6.79 Å². The third-order valence-electron chi connectivity index (χ3n) is 5.50. The first-order valence-electron chi connectivity index (χ1n) is 9.50. The average molecular weight is 378 g/mol. The molecule has 2 aliphatic rings. The van der Waals surface area contributed by atoms with Crippen molar-refractivity contribution in [3.8, 4) is 22.9 Å². The molecule has 2 aliphatic heterocycles. The monoisotopic (exact) mass is 378 g/mol. The second-order valence-electron chi connectivity index (χ2n) is 7.29. The highest BCUT2D eigenvalue weighted by atomic mass is 16.7. The zero-order valence-corrected chi connectivity index (χ0v) is 15.5. The predicted octanol–water partition coefficient (Wildman–Crippen LogP) is 2.64. The minimum absolute atomic E-state index is 0.246. The van der Waals surface area contributed by atoms with Crippen LogP contribution in [-0.4, -0.2) is 41.5 Å². The Balaban J connectivity index is 1.30. The molecule has 0 radical (unpaired) electrons. The molecule has 28 heavy (non-hydrogen) atoms. The van der Waals surface area contributed by atoms with Gasteiger partial charge >= 0.3 is 0 Å². The summed E-state index contributed by atoms with van der Waals surface area (Å²) in [5.41, 5.74) is 8.23. The van der Waals surface area contributed by atoms with E-state index >= 15 is 0 Å². The Labute approximate surface area is 163 Å². The molecule has 3 heterocycles. The first-order valence-corrected chi connectivity index (χ1v) is 9.50. The van der Waals surface area contributed by atoms with Gasteiger partial charge in [-0.05, 0) is 36.2 Å². The number of fused-ring (bicyclic) bond motifs is 1. The van der Waals surface area contributed by atoms with E-state index in [0.29, 0.717) is 42.4 Å². The van der Waals surface area contributed by atoms with Crippen LogP contribution in [0, 0.1) is 5.92 Å². The van der Waals surface area contributed by atoms with Crippen LogP contribution in [0.4, 0.5) is 0 Å². The van der Waals surface area contributed by atoms with Crippen molar-refractivity contribution in [2.24, 2.45) is 11.7 Å². The lowest BCUT2D eigenvalue weighted by molar-refractivity contribution is 0.174. The van der Waals surface area contributed by atoms with Gasteiger partial charge in [-0.1, -0.05) is 35.5 Å². The molecule has 7 heteroatoms. The van der Waals surface area contributed by atoms with E-state index in [1.807, 2.05) is 24.3 Å². The van der Waals surface area contributed by atoms with Gasteiger partial charge in [0.05, 0.1) is 6.54 Å². The van der Waals surface area contributed by atoms with Crippen molar-refractivity contribution in [1.29, 1.82) is 0 Å². The van der Waals surface area contributed by atoms with Gasteiger partial charge in [0.2, 0.25) is 18.5 Å². The van der Waals surface area contributed by atoms with Crippen molar-refractivity contribution in [3.05, 3.63) is 60.0 Å². The second kappa shape index (κ2) is 7.26. The topological polar surface area (TPSA) is 86.6 Å². The standard InChI is InChI=1S/C21H22N4O3/c22-9-16-10-25(11-17(16)14-4-2-1-3-5-14)12-20-23-21(24-28-20)15-6-7-18-19(8-15)27-13-26-18/h1-8,16-17H,9-13,22H2/t16-,17+/m1/s1. The van der Waals surface area contributed by atoms with Crippen molar-refractivity contribution in [1.82, 2.24) is 15.0 Å². The molecule has 5 rings (SSSR count). The number of likely N-dealkylation sites (tertiary alicyclic amines) is 1. The van der Waals surface area contributed by atoms with Gasteiger partial charge in [0.15, 0.2) is 11.5 Å². The number of rotatable bonds is 5. The van der Waals surface area contributed by atoms with Crippen molar-refractivity contribution in [2.45, 2.75) is 12.5 Å². The van der Waals surface area contributed by atoms with E-state index in [2.05, 4.69) is 39.3 Å². The van der Waals surface area contributed by atoms with Crippen LogP contribution in [0.5, 0.6) is 11.5 Å². The SMILES string of the molecule is NC[C@@H]1CN(Cc2nc(-c3ccc4c(c3)OCO4)no2)C[C@H]1c1ccccc1. The Bertz CT molecular complexity index is 959. The summed E-state index contributed by atoms with van der Waals surface area (Å²) in [5.74, 6) is 3.48. The zero-order valence-electron chi connectivity index (χ0n) is 15.5. The van der Waals surface area contributed by atoms with Crippen LogP contribution >= 0.6 is 0 Å². The Morgan fingerprint density at radius 1 is 1.04 bits per heavy atom. The van der Waals surface area contributed by atoms with Gasteiger partial charge in [0.1, 0.15) is 0 Å². The van der Waals surface area contributed by atoms with Crippen molar-refractivity contribution in [3.63, 3.8) is 0 Å². The highest BCUT2D eigenvalue weighted by Gasteiger charge is 2.33. The summed E-state index contributed by atoms with van der Waals surface area (Å²) in [7, 11) is 0. The third kappa shape index (κ3) is 3.23. The first kappa shape index (κ1) is 17.2. The molecule has 144 valence electrons. The molecular weight excluding hydrogens is 356 g/mol. The second-order valence-corrected chi connectivity index (χ2v) is 7.29. The van der Waals surface area contributed by atoms with Crippen molar-refractivity contribution < 1.29 is 14.0 Å². The lowest BCUT2D eigenvalue weighted by Gasteiger charge is -2.16. The number of nitrogens with two attached hydrogens (primary N) is 1. The fraction of sp³-hybridized carbons (Fsp3) is 0.333. The van der Waals surface area contributed by atoms with Gasteiger partial charge < -0.3 is 19.7 Å². The summed E-state index contributed by atoms with van der Waals surface area (Å²) in [6.07, 6.45) is 0. The number of nitrogens with zero attached hydrogens (tertiary/aromatic N) is 3. The molecule has 0 amide bonds. The van der Waals surface area contributed by atoms with Gasteiger partial charge in [0.25, 0.3) is 0 Å². The minimum atomic E-state index is 0.246. The predicted molar refractivity (Wildman–Crippen MR) is 103 cm³/mol. The van der Waals surface area contributed by atoms with E-state index in [1.165, 1.54) is 5.56 Å². The summed E-state index contributed by atoms with van der Waals surface area (Å²) in [5, 5.41) is 4.14. The maximum absolute atomic E-state index is 6.04. The lowest BCUT2D eigenvalue weighted by atomic mass is 9.89. The largest absolute Gasteiger partial charge is 0.454 e. The van der Waals surface area contributed by atoms with Gasteiger partial charge in [0, 0.05) is 24.6 Å². The molecular formula is C21H22N4O3. The Morgan fingerprint density at radius 3 is 2.75 bits per heavy atom. The molecule has 0 aliphatic carbocycles. The number of ether oxygens (including phenoxy) is 2. The number of hydrogen-bond donors (Lipinski definition) is 1. The van der Waals surface area contributed by atoms with Crippen LogP contribution in [0.1, 0.15) is 17.4 Å². The van der Waals surface area contributed by atoms with Crippen LogP contribution in [0.25, 0.3) is 11.4 Å². The molecule has 2 aromatic carbocycles. The van der Waals surface area contributed by atoms with Crippen LogP contribution in [0.3, 0.4) is 0 Å². The highest BCUT2D eigenvalue weighted by Crippen LogP contribution is 2.36. The van der Waals surface area contributed by atoms with E-state index < -0.39 is 0 Å². The summed E-state index contributed by atoms with van der Waals surface area (Å²) >= 11 is 0. The van der Waals surface area contributed by atoms with Gasteiger partial charge in [-0.15, -0.1) is 0 Å². The first-order chi connectivity index (χ1) is 13.8. The minimum Gasteiger partial charge on any atom is -0.454 e. The summed E-state index contributed by atoms with van der Waals surface area (Å²) in [6.45, 7) is 3.40. The molecule has 3 aromatic rings. The fourth-order valence-electron chi connectivity index (χ4n) is 4.07. The summed E-state index contributed by atoms with van der Waals surface area (Å²) < 4.78 is 16.3. The number of benzene rings is 2. The average Bonchev–Trinajstić information content (AvgIpc) is 3.47. The molecule has 0 spiro atoms. The molecule has 2 N–H and O–H groups in total. The zero-order chi connectivity index (χ0) is 18.9. The van der Waals surface area contributed by atoms with Crippen molar-refractivity contribution in [2.75, 3.05) is 26.4 Å². The normalized spacial score (nSPS) is 21.3. The third-order valence-corrected chi connectivity index (χ3v) is 5.50. The molecule has 1 saturated heterocycles. The van der Waals surface area contributed by atoms with E-state index in [0.717, 1.165) is 24.4 Å². The molecule has 1 fully saturated rings. The molecule has 7 nitrogen and oxygen atoms in total. The molecule has 2 atom stereocenters. The lowest BCUT2D eigenvalue weighted by Crippen LogP contribution is -2.23. The Hall–Kier alpha value is -2.90. The van der Waals surface area contributed by atoms with Crippen molar-refractivity contribution >= 4 is 0 Å². The molecule has 0 bridgehead atoms. The van der Waals surface area contributed by atoms with Crippen LogP contribution in [0.15, 0.2) is 53.1 Å². The quantitative estimate of drug-likeness (QED) is 0.730. The van der Waals surface area contributed by atoms with Crippen LogP contribution in [0.2, 0.25) is 0 Å². The Morgan fingerprint density at radius 2 is 1.89 bits per heavy atom. The summed E-state index contributed by atoms with van der Waals surface area (Å²) in [4.78, 5) is 6.91. The van der Waals surface area contributed by atoms with Gasteiger partial charge in [-0.2, -0.15) is 4.98 Å². The summed E-state index contributed by atoms with van der Waals surface area (Å²) in [6, 6.07) is 16.2. The molecule has 1 aromatic heterocycles. The fourth-order valence-corrected chi connectivity index (χ4v) is 4.07. The maximum Gasteiger partial charge on any atom is 0.241 e. The number of aromatic nitrogens is 2. The smallest absolute Gasteiger partial charge is 0.241 e. The van der Waals surface area contributed by atoms with E-state index in [9.17, 15) is 0 Å². The highest BCUT2D eigenvalue weighted by molar-refractivity contribution is 5.61.